The van der Waals surface area contributed by atoms with E-state index in [-0.39, 0.29) is 18.0 Å². The molecule has 1 aliphatic heterocycles. The molecule has 0 aromatic rings. The predicted octanol–water partition coefficient (Wildman–Crippen LogP) is 10.8. The van der Waals surface area contributed by atoms with Crippen molar-refractivity contribution >= 4 is 20.7 Å². The first-order valence-electron chi connectivity index (χ1n) is 15.0. The summed E-state index contributed by atoms with van der Waals surface area (Å²) in [5.74, 6) is 0. The van der Waals surface area contributed by atoms with Crippen molar-refractivity contribution in [2.45, 2.75) is 181 Å². The van der Waals surface area contributed by atoms with Gasteiger partial charge in [-0.05, 0) is 64.2 Å². The molecule has 1 heterocycles. The highest BCUT2D eigenvalue weighted by molar-refractivity contribution is 6.71. The fourth-order valence-electron chi connectivity index (χ4n) is 5.23. The van der Waals surface area contributed by atoms with Gasteiger partial charge in [0, 0.05) is 0 Å². The van der Waals surface area contributed by atoms with Gasteiger partial charge >= 0.3 is 0 Å². The van der Waals surface area contributed by atoms with Gasteiger partial charge in [0.1, 0.15) is 0 Å². The van der Waals surface area contributed by atoms with Crippen LogP contribution >= 0.6 is 12.4 Å². The lowest BCUT2D eigenvalue weighted by Crippen LogP contribution is -2.55. The smallest absolute Gasteiger partial charge is 0.187 e. The van der Waals surface area contributed by atoms with Gasteiger partial charge in [0.05, 0.1) is 5.60 Å². The summed E-state index contributed by atoms with van der Waals surface area (Å²) in [6.45, 7) is 17.2. The molecule has 0 spiro atoms. The molecule has 1 unspecified atom stereocenters. The minimum Gasteiger partial charge on any atom is -0.412 e. The Labute approximate surface area is 223 Å². The molecule has 0 bridgehead atoms. The molecule has 0 saturated carbocycles. The number of unbranched alkanes of at least 4 members (excludes halogenated alkanes) is 15. The summed E-state index contributed by atoms with van der Waals surface area (Å²) < 4.78 is 6.60. The lowest BCUT2D eigenvalue weighted by molar-refractivity contribution is -0.0566. The van der Waals surface area contributed by atoms with E-state index in [4.69, 9.17) is 10.2 Å². The molecule has 1 aliphatic rings. The zero-order chi connectivity index (χ0) is 25.1. The summed E-state index contributed by atoms with van der Waals surface area (Å²) in [7, 11) is -1.41. The van der Waals surface area contributed by atoms with E-state index < -0.39 is 8.32 Å². The van der Waals surface area contributed by atoms with Crippen LogP contribution in [0.3, 0.4) is 0 Å². The van der Waals surface area contributed by atoms with Crippen molar-refractivity contribution in [3.63, 3.8) is 0 Å². The SMILES string of the molecule is CCCCCCCCCCCCCCCCCCC1(C)CC[Si](C)(C)OC1(C)C.CCCN.Cl. The third-order valence-corrected chi connectivity index (χ3v) is 10.7. The number of rotatable bonds is 18. The summed E-state index contributed by atoms with van der Waals surface area (Å²) in [5, 5.41) is 0. The van der Waals surface area contributed by atoms with Crippen molar-refractivity contribution in [2.75, 3.05) is 6.54 Å². The van der Waals surface area contributed by atoms with E-state index in [9.17, 15) is 0 Å². The van der Waals surface area contributed by atoms with Crippen molar-refractivity contribution in [1.29, 1.82) is 0 Å². The Morgan fingerprint density at radius 3 is 1.32 bits per heavy atom. The first-order valence-corrected chi connectivity index (χ1v) is 18.2. The third kappa shape index (κ3) is 17.8. The lowest BCUT2D eigenvalue weighted by atomic mass is 9.70. The van der Waals surface area contributed by atoms with Gasteiger partial charge in [0.15, 0.2) is 8.32 Å². The van der Waals surface area contributed by atoms with E-state index in [0.717, 1.165) is 13.0 Å². The highest BCUT2D eigenvalue weighted by atomic mass is 35.5. The summed E-state index contributed by atoms with van der Waals surface area (Å²) >= 11 is 0. The number of hydrogen-bond donors (Lipinski definition) is 1. The lowest BCUT2D eigenvalue weighted by Gasteiger charge is -2.53. The van der Waals surface area contributed by atoms with Crippen LogP contribution in [-0.2, 0) is 4.43 Å². The molecule has 0 aromatic heterocycles. The van der Waals surface area contributed by atoms with Crippen molar-refractivity contribution in [3.05, 3.63) is 0 Å². The molecule has 0 aliphatic carbocycles. The van der Waals surface area contributed by atoms with E-state index in [1.807, 2.05) is 0 Å². The summed E-state index contributed by atoms with van der Waals surface area (Å²) in [4.78, 5) is 0. The maximum atomic E-state index is 6.60. The second kappa shape index (κ2) is 21.5. The van der Waals surface area contributed by atoms with Crippen LogP contribution in [0.25, 0.3) is 0 Å². The minimum atomic E-state index is -1.41. The molecule has 1 atom stereocenters. The molecule has 1 fully saturated rings. The van der Waals surface area contributed by atoms with Crippen molar-refractivity contribution in [2.24, 2.45) is 11.1 Å². The molecule has 2 N–H and O–H groups in total. The molecule has 2 nitrogen and oxygen atoms in total. The van der Waals surface area contributed by atoms with E-state index in [2.05, 4.69) is 47.7 Å². The summed E-state index contributed by atoms with van der Waals surface area (Å²) in [6, 6.07) is 1.34. The van der Waals surface area contributed by atoms with Crippen LogP contribution in [0, 0.1) is 5.41 Å². The van der Waals surface area contributed by atoms with Gasteiger partial charge in [-0.1, -0.05) is 124 Å². The van der Waals surface area contributed by atoms with Crippen LogP contribution in [0.15, 0.2) is 0 Å². The van der Waals surface area contributed by atoms with Crippen LogP contribution in [0.5, 0.6) is 0 Å². The number of halogens is 1. The highest BCUT2D eigenvalue weighted by Gasteiger charge is 2.49. The quantitative estimate of drug-likeness (QED) is 0.144. The van der Waals surface area contributed by atoms with Crippen molar-refractivity contribution in [3.8, 4) is 0 Å². The van der Waals surface area contributed by atoms with Crippen molar-refractivity contribution in [1.82, 2.24) is 0 Å². The topological polar surface area (TPSA) is 35.2 Å². The van der Waals surface area contributed by atoms with Gasteiger partial charge in [0.2, 0.25) is 0 Å². The fourth-order valence-corrected chi connectivity index (χ4v) is 8.12. The third-order valence-electron chi connectivity index (χ3n) is 8.13. The second-order valence-electron chi connectivity index (χ2n) is 12.3. The maximum absolute atomic E-state index is 6.60. The molecule has 4 heteroatoms. The Kier molecular flexibility index (Phi) is 23.1. The van der Waals surface area contributed by atoms with Crippen LogP contribution < -0.4 is 5.73 Å². The Morgan fingerprint density at radius 1 is 0.647 bits per heavy atom. The normalized spacial score (nSPS) is 20.8. The van der Waals surface area contributed by atoms with E-state index in [1.54, 1.807) is 0 Å². The zero-order valence-corrected chi connectivity index (χ0v) is 26.6. The Morgan fingerprint density at radius 2 is 1.00 bits per heavy atom. The molecular weight excluding hydrogens is 454 g/mol. The summed E-state index contributed by atoms with van der Waals surface area (Å²) in [6.07, 6.45) is 27.0. The first kappa shape index (κ1) is 36.6. The molecule has 34 heavy (non-hydrogen) atoms. The van der Waals surface area contributed by atoms with Gasteiger partial charge in [0.25, 0.3) is 0 Å². The van der Waals surface area contributed by atoms with E-state index in [0.29, 0.717) is 5.41 Å². The van der Waals surface area contributed by atoms with Gasteiger partial charge < -0.3 is 10.2 Å². The van der Waals surface area contributed by atoms with E-state index in [1.165, 1.54) is 122 Å². The highest BCUT2D eigenvalue weighted by Crippen LogP contribution is 2.49. The van der Waals surface area contributed by atoms with Gasteiger partial charge in [-0.25, -0.2) is 0 Å². The molecule has 1 saturated heterocycles. The van der Waals surface area contributed by atoms with Gasteiger partial charge in [-0.15, -0.1) is 12.4 Å². The average Bonchev–Trinajstić information content (AvgIpc) is 2.76. The zero-order valence-electron chi connectivity index (χ0n) is 24.7. The fraction of sp³-hybridized carbons (Fsp3) is 1.00. The molecule has 0 aromatic carbocycles. The minimum absolute atomic E-state index is 0. The van der Waals surface area contributed by atoms with Gasteiger partial charge in [-0.2, -0.15) is 0 Å². The van der Waals surface area contributed by atoms with Crippen molar-refractivity contribution < 1.29 is 4.43 Å². The van der Waals surface area contributed by atoms with Crippen LogP contribution in [0.1, 0.15) is 157 Å². The van der Waals surface area contributed by atoms with Gasteiger partial charge in [-0.3, -0.25) is 0 Å². The van der Waals surface area contributed by atoms with Crippen LogP contribution in [0.4, 0.5) is 0 Å². The largest absolute Gasteiger partial charge is 0.412 e. The molecule has 0 amide bonds. The molecular formula is C30H66ClNOSi. The maximum Gasteiger partial charge on any atom is 0.187 e. The first-order chi connectivity index (χ1) is 15.6. The Bertz CT molecular complexity index is 442. The predicted molar refractivity (Wildman–Crippen MR) is 161 cm³/mol. The van der Waals surface area contributed by atoms with E-state index >= 15 is 0 Å². The van der Waals surface area contributed by atoms with Crippen LogP contribution in [-0.4, -0.2) is 20.5 Å². The monoisotopic (exact) mass is 519 g/mol. The Hall–Kier alpha value is 0.427. The Balaban J connectivity index is 0. The standard InChI is InChI=1S/C27H56OSi.C3H9N.ClH/c1-7-8-9-10-11-12-13-14-15-16-17-18-19-20-21-22-23-27(4)24-25-29(5,6)28-26(27,2)3;1-2-3-4;/h7-25H2,1-6H3;2-4H2,1H3;1H. The number of hydrogen-bond acceptors (Lipinski definition) is 2. The molecule has 208 valence electrons. The number of nitrogens with two attached hydrogens (primary N) is 1. The second-order valence-corrected chi connectivity index (χ2v) is 16.5. The molecule has 1 rings (SSSR count). The average molecular weight is 520 g/mol. The molecule has 0 radical (unpaired) electrons. The van der Waals surface area contributed by atoms with Crippen LogP contribution in [0.2, 0.25) is 19.1 Å². The summed E-state index contributed by atoms with van der Waals surface area (Å²) in [5.41, 5.74) is 5.47.